The molecule has 5 heteroatoms. The number of amides is 1. The average molecular weight is 266 g/mol. The first-order chi connectivity index (χ1) is 9.04. The molecule has 4 nitrogen and oxygen atoms in total. The predicted molar refractivity (Wildman–Crippen MR) is 70.0 cm³/mol. The van der Waals surface area contributed by atoms with Crippen molar-refractivity contribution < 1.29 is 13.9 Å². The Labute approximate surface area is 112 Å². The topological polar surface area (TPSA) is 55.6 Å². The van der Waals surface area contributed by atoms with E-state index in [0.717, 1.165) is 12.8 Å². The highest BCUT2D eigenvalue weighted by molar-refractivity contribution is 5.70. The number of hydrogen-bond donors (Lipinski definition) is 1. The monoisotopic (exact) mass is 266 g/mol. The molecule has 1 aromatic carbocycles. The van der Waals surface area contributed by atoms with Crippen molar-refractivity contribution >= 4 is 6.09 Å². The van der Waals surface area contributed by atoms with Gasteiger partial charge < -0.3 is 10.5 Å². The molecule has 1 unspecified atom stereocenters. The zero-order chi connectivity index (χ0) is 13.9. The van der Waals surface area contributed by atoms with Crippen molar-refractivity contribution in [1.29, 1.82) is 0 Å². The quantitative estimate of drug-likeness (QED) is 0.889. The van der Waals surface area contributed by atoms with Gasteiger partial charge in [0.1, 0.15) is 11.4 Å². The zero-order valence-corrected chi connectivity index (χ0v) is 11.1. The number of carbonyl (C=O) groups is 1. The molecule has 19 heavy (non-hydrogen) atoms. The van der Waals surface area contributed by atoms with Crippen LogP contribution >= 0.6 is 0 Å². The van der Waals surface area contributed by atoms with Gasteiger partial charge in [-0.05, 0) is 32.4 Å². The Bertz CT molecular complexity index is 467. The Morgan fingerprint density at radius 2 is 2.21 bits per heavy atom. The maximum Gasteiger partial charge on any atom is 0.410 e. The third kappa shape index (κ3) is 3.23. The second-order valence-corrected chi connectivity index (χ2v) is 5.16. The lowest BCUT2D eigenvalue weighted by atomic mass is 10.00. The lowest BCUT2D eigenvalue weighted by molar-refractivity contribution is 0.0638. The molecule has 1 heterocycles. The van der Waals surface area contributed by atoms with E-state index in [-0.39, 0.29) is 18.5 Å². The SMILES string of the molecule is CC1(CCCN)CN(Cc2ccccc2F)C(=O)O1. The fourth-order valence-corrected chi connectivity index (χ4v) is 2.33. The van der Waals surface area contributed by atoms with Crippen molar-refractivity contribution in [3.05, 3.63) is 35.6 Å². The standard InChI is InChI=1S/C14H19FN2O2/c1-14(7-4-8-16)10-17(13(18)19-14)9-11-5-2-3-6-12(11)15/h2-3,5-6H,4,7-10,16H2,1H3. The van der Waals surface area contributed by atoms with Crippen LogP contribution in [0, 0.1) is 5.82 Å². The molecule has 1 aliphatic heterocycles. The molecular formula is C14H19FN2O2. The highest BCUT2D eigenvalue weighted by atomic mass is 19.1. The highest BCUT2D eigenvalue weighted by Crippen LogP contribution is 2.28. The van der Waals surface area contributed by atoms with Crippen molar-refractivity contribution in [1.82, 2.24) is 4.90 Å². The Morgan fingerprint density at radius 3 is 2.89 bits per heavy atom. The fourth-order valence-electron chi connectivity index (χ4n) is 2.33. The number of carbonyl (C=O) groups excluding carboxylic acids is 1. The summed E-state index contributed by atoms with van der Waals surface area (Å²) in [7, 11) is 0. The largest absolute Gasteiger partial charge is 0.441 e. The second kappa shape index (κ2) is 5.57. The van der Waals surface area contributed by atoms with Gasteiger partial charge in [-0.3, -0.25) is 4.90 Å². The maximum absolute atomic E-state index is 13.6. The van der Waals surface area contributed by atoms with Gasteiger partial charge in [0.05, 0.1) is 13.1 Å². The molecule has 1 atom stereocenters. The number of cyclic esters (lactones) is 1. The first-order valence-corrected chi connectivity index (χ1v) is 6.45. The zero-order valence-electron chi connectivity index (χ0n) is 11.1. The molecule has 0 spiro atoms. The van der Waals surface area contributed by atoms with Gasteiger partial charge in [-0.1, -0.05) is 18.2 Å². The first-order valence-electron chi connectivity index (χ1n) is 6.45. The minimum Gasteiger partial charge on any atom is -0.441 e. The van der Waals surface area contributed by atoms with E-state index in [2.05, 4.69) is 0 Å². The summed E-state index contributed by atoms with van der Waals surface area (Å²) in [6, 6.07) is 6.46. The summed E-state index contributed by atoms with van der Waals surface area (Å²) in [5.41, 5.74) is 5.46. The molecule has 1 aliphatic rings. The molecule has 104 valence electrons. The van der Waals surface area contributed by atoms with Gasteiger partial charge in [0, 0.05) is 5.56 Å². The van der Waals surface area contributed by atoms with Crippen molar-refractivity contribution in [2.75, 3.05) is 13.1 Å². The summed E-state index contributed by atoms with van der Waals surface area (Å²) in [4.78, 5) is 13.4. The van der Waals surface area contributed by atoms with Crippen molar-refractivity contribution in [3.8, 4) is 0 Å². The number of benzene rings is 1. The van der Waals surface area contributed by atoms with E-state index in [1.54, 1.807) is 18.2 Å². The van der Waals surface area contributed by atoms with E-state index < -0.39 is 5.60 Å². The van der Waals surface area contributed by atoms with Gasteiger partial charge in [-0.15, -0.1) is 0 Å². The third-order valence-electron chi connectivity index (χ3n) is 3.35. The summed E-state index contributed by atoms with van der Waals surface area (Å²) in [6.45, 7) is 3.17. The fraction of sp³-hybridized carbons (Fsp3) is 0.500. The third-order valence-corrected chi connectivity index (χ3v) is 3.35. The summed E-state index contributed by atoms with van der Waals surface area (Å²) < 4.78 is 19.0. The minimum atomic E-state index is -0.512. The van der Waals surface area contributed by atoms with Crippen LogP contribution in [0.2, 0.25) is 0 Å². The van der Waals surface area contributed by atoms with Crippen LogP contribution in [-0.2, 0) is 11.3 Å². The van der Waals surface area contributed by atoms with E-state index in [9.17, 15) is 9.18 Å². The molecule has 1 saturated heterocycles. The highest BCUT2D eigenvalue weighted by Gasteiger charge is 2.40. The van der Waals surface area contributed by atoms with E-state index in [1.807, 2.05) is 6.92 Å². The Kier molecular flexibility index (Phi) is 4.04. The van der Waals surface area contributed by atoms with E-state index in [4.69, 9.17) is 10.5 Å². The number of rotatable bonds is 5. The van der Waals surface area contributed by atoms with Gasteiger partial charge in [0.2, 0.25) is 0 Å². The number of hydrogen-bond acceptors (Lipinski definition) is 3. The van der Waals surface area contributed by atoms with Gasteiger partial charge in [-0.25, -0.2) is 9.18 Å². The molecule has 0 radical (unpaired) electrons. The van der Waals surface area contributed by atoms with Gasteiger partial charge in [0.15, 0.2) is 0 Å². The minimum absolute atomic E-state index is 0.240. The van der Waals surface area contributed by atoms with Gasteiger partial charge in [-0.2, -0.15) is 0 Å². The molecule has 2 N–H and O–H groups in total. The van der Waals surface area contributed by atoms with Crippen molar-refractivity contribution in [2.24, 2.45) is 5.73 Å². The first kappa shape index (κ1) is 13.8. The molecule has 1 aromatic rings. The maximum atomic E-state index is 13.6. The number of nitrogens with zero attached hydrogens (tertiary/aromatic N) is 1. The molecule has 0 aliphatic carbocycles. The van der Waals surface area contributed by atoms with Gasteiger partial charge >= 0.3 is 6.09 Å². The predicted octanol–water partition coefficient (Wildman–Crippen LogP) is 2.28. The van der Waals surface area contributed by atoms with Crippen LogP contribution in [0.15, 0.2) is 24.3 Å². The molecule has 1 amide bonds. The lowest BCUT2D eigenvalue weighted by Gasteiger charge is -2.21. The number of nitrogens with two attached hydrogens (primary N) is 1. The normalized spacial score (nSPS) is 22.7. The lowest BCUT2D eigenvalue weighted by Crippen LogP contribution is -2.31. The van der Waals surface area contributed by atoms with E-state index >= 15 is 0 Å². The second-order valence-electron chi connectivity index (χ2n) is 5.16. The summed E-state index contributed by atoms with van der Waals surface area (Å²) in [5.74, 6) is -0.300. The van der Waals surface area contributed by atoms with Crippen LogP contribution < -0.4 is 5.73 Å². The van der Waals surface area contributed by atoms with Gasteiger partial charge in [0.25, 0.3) is 0 Å². The van der Waals surface area contributed by atoms with Crippen LogP contribution in [0.1, 0.15) is 25.3 Å². The molecule has 0 bridgehead atoms. The Morgan fingerprint density at radius 1 is 1.47 bits per heavy atom. The van der Waals surface area contributed by atoms with Crippen molar-refractivity contribution in [3.63, 3.8) is 0 Å². The van der Waals surface area contributed by atoms with Crippen molar-refractivity contribution in [2.45, 2.75) is 31.9 Å². The number of halogens is 1. The number of ether oxygens (including phenoxy) is 1. The Hall–Kier alpha value is -1.62. The van der Waals surface area contributed by atoms with Crippen LogP contribution in [0.25, 0.3) is 0 Å². The average Bonchev–Trinajstić information content (AvgIpc) is 2.65. The van der Waals surface area contributed by atoms with Crippen LogP contribution in [0.5, 0.6) is 0 Å². The summed E-state index contributed by atoms with van der Waals surface area (Å²) >= 11 is 0. The molecule has 0 saturated carbocycles. The molecule has 1 fully saturated rings. The van der Waals surface area contributed by atoms with E-state index in [0.29, 0.717) is 18.7 Å². The van der Waals surface area contributed by atoms with Crippen LogP contribution in [-0.4, -0.2) is 29.7 Å². The Balaban J connectivity index is 2.03. The molecule has 2 rings (SSSR count). The summed E-state index contributed by atoms with van der Waals surface area (Å²) in [5, 5.41) is 0. The molecular weight excluding hydrogens is 247 g/mol. The smallest absolute Gasteiger partial charge is 0.410 e. The molecule has 0 aromatic heterocycles. The van der Waals surface area contributed by atoms with Crippen LogP contribution in [0.4, 0.5) is 9.18 Å². The summed E-state index contributed by atoms with van der Waals surface area (Å²) in [6.07, 6.45) is 1.14. The van der Waals surface area contributed by atoms with E-state index in [1.165, 1.54) is 11.0 Å². The van der Waals surface area contributed by atoms with Crippen LogP contribution in [0.3, 0.4) is 0 Å².